The lowest BCUT2D eigenvalue weighted by atomic mass is 10.5. The molecule has 3 heteroatoms. The van der Waals surface area contributed by atoms with Crippen LogP contribution in [0.15, 0.2) is 10.1 Å². The Kier molecular flexibility index (Phi) is 3.84. The summed E-state index contributed by atoms with van der Waals surface area (Å²) >= 11 is 0. The monoisotopic (exact) mass is 114 g/mol. The molecule has 0 bridgehead atoms. The Morgan fingerprint density at radius 1 is 1.75 bits per heavy atom. The van der Waals surface area contributed by atoms with Gasteiger partial charge in [0.05, 0.1) is 0 Å². The highest BCUT2D eigenvalue weighted by Crippen LogP contribution is 1.86. The molecule has 0 heterocycles. The fourth-order valence-corrected chi connectivity index (χ4v) is 0.338. The lowest BCUT2D eigenvalue weighted by Gasteiger charge is -1.94. The zero-order valence-electron chi connectivity index (χ0n) is 5.22. The molecule has 0 aliphatic carbocycles. The normalized spacial score (nSPS) is 11.0. The van der Waals surface area contributed by atoms with E-state index in [1.54, 1.807) is 7.05 Å². The second-order valence-corrected chi connectivity index (χ2v) is 1.19. The lowest BCUT2D eigenvalue weighted by Crippen LogP contribution is -1.96. The summed E-state index contributed by atoms with van der Waals surface area (Å²) < 4.78 is 0. The highest BCUT2D eigenvalue weighted by Gasteiger charge is 1.89. The number of oxime groups is 1. The Morgan fingerprint density at radius 3 is 2.50 bits per heavy atom. The highest BCUT2D eigenvalue weighted by molar-refractivity contribution is 5.75. The van der Waals surface area contributed by atoms with E-state index in [-0.39, 0.29) is 0 Å². The van der Waals surface area contributed by atoms with E-state index in [0.717, 1.165) is 6.42 Å². The SMILES string of the molecule is C=NOC(CC)=NC. The van der Waals surface area contributed by atoms with Crippen LogP contribution in [0, 0.1) is 0 Å². The lowest BCUT2D eigenvalue weighted by molar-refractivity contribution is 0.323. The van der Waals surface area contributed by atoms with Gasteiger partial charge in [-0.15, -0.1) is 0 Å². The largest absolute Gasteiger partial charge is 0.342 e. The maximum atomic E-state index is 4.60. The molecule has 0 saturated carbocycles. The van der Waals surface area contributed by atoms with Crippen LogP contribution in [0.3, 0.4) is 0 Å². The molecule has 0 radical (unpaired) electrons. The van der Waals surface area contributed by atoms with Crippen molar-refractivity contribution in [2.75, 3.05) is 7.05 Å². The molecular weight excluding hydrogens is 104 g/mol. The molecule has 8 heavy (non-hydrogen) atoms. The zero-order valence-corrected chi connectivity index (χ0v) is 5.22. The van der Waals surface area contributed by atoms with Gasteiger partial charge in [-0.25, -0.2) is 0 Å². The van der Waals surface area contributed by atoms with Crippen molar-refractivity contribution < 1.29 is 4.84 Å². The number of rotatable bonds is 2. The minimum Gasteiger partial charge on any atom is -0.342 e. The Labute approximate surface area is 49.1 Å². The smallest absolute Gasteiger partial charge is 0.219 e. The third kappa shape index (κ3) is 2.34. The molecule has 0 aromatic carbocycles. The Bertz CT molecular complexity index is 98.6. The van der Waals surface area contributed by atoms with Gasteiger partial charge >= 0.3 is 0 Å². The van der Waals surface area contributed by atoms with Gasteiger partial charge in [0.2, 0.25) is 5.90 Å². The molecule has 0 aliphatic rings. The van der Waals surface area contributed by atoms with E-state index >= 15 is 0 Å². The first-order valence-electron chi connectivity index (χ1n) is 2.43. The predicted octanol–water partition coefficient (Wildman–Crippen LogP) is 1.06. The van der Waals surface area contributed by atoms with Gasteiger partial charge in [-0.3, -0.25) is 4.99 Å². The second kappa shape index (κ2) is 4.30. The van der Waals surface area contributed by atoms with Crippen LogP contribution in [0.1, 0.15) is 13.3 Å². The first kappa shape index (κ1) is 7.14. The van der Waals surface area contributed by atoms with Crippen molar-refractivity contribution in [3.05, 3.63) is 0 Å². The first-order valence-corrected chi connectivity index (χ1v) is 2.43. The predicted molar refractivity (Wildman–Crippen MR) is 34.3 cm³/mol. The topological polar surface area (TPSA) is 34.0 Å². The molecule has 0 aliphatic heterocycles. The van der Waals surface area contributed by atoms with Gasteiger partial charge in [-0.05, 0) is 0 Å². The average molecular weight is 114 g/mol. The molecule has 0 atom stereocenters. The number of hydrogen-bond acceptors (Lipinski definition) is 3. The van der Waals surface area contributed by atoms with Crippen molar-refractivity contribution in [1.82, 2.24) is 0 Å². The maximum Gasteiger partial charge on any atom is 0.219 e. The molecule has 0 rings (SSSR count). The highest BCUT2D eigenvalue weighted by atomic mass is 16.6. The van der Waals surface area contributed by atoms with E-state index in [0.29, 0.717) is 5.90 Å². The number of hydrogen-bond donors (Lipinski definition) is 0. The van der Waals surface area contributed by atoms with Gasteiger partial charge < -0.3 is 4.84 Å². The Morgan fingerprint density at radius 2 is 2.38 bits per heavy atom. The van der Waals surface area contributed by atoms with Gasteiger partial charge in [-0.2, -0.15) is 0 Å². The molecule has 0 unspecified atom stereocenters. The standard InChI is InChI=1S/C5H10N2O/c1-4-5(6-2)8-7-3/h3-4H2,1-2H3. The van der Waals surface area contributed by atoms with Crippen molar-refractivity contribution >= 4 is 12.6 Å². The molecule has 0 spiro atoms. The fourth-order valence-electron chi connectivity index (χ4n) is 0.338. The molecule has 0 aromatic rings. The summed E-state index contributed by atoms with van der Waals surface area (Å²) in [6.07, 6.45) is 0.759. The van der Waals surface area contributed by atoms with E-state index in [1.807, 2.05) is 6.92 Å². The molecular formula is C5H10N2O. The number of aliphatic imine (C=N–C) groups is 1. The van der Waals surface area contributed by atoms with Crippen molar-refractivity contribution in [2.24, 2.45) is 10.1 Å². The van der Waals surface area contributed by atoms with Crippen LogP contribution < -0.4 is 0 Å². The summed E-state index contributed by atoms with van der Waals surface area (Å²) in [7, 11) is 1.66. The van der Waals surface area contributed by atoms with Crippen molar-refractivity contribution in [1.29, 1.82) is 0 Å². The molecule has 0 amide bonds. The van der Waals surface area contributed by atoms with Crippen molar-refractivity contribution in [3.8, 4) is 0 Å². The third-order valence-electron chi connectivity index (χ3n) is 0.722. The minimum absolute atomic E-state index is 0.611. The van der Waals surface area contributed by atoms with E-state index in [2.05, 4.69) is 21.7 Å². The molecule has 0 fully saturated rings. The Balaban J connectivity index is 3.53. The first-order chi connectivity index (χ1) is 3.85. The average Bonchev–Trinajstić information content (AvgIpc) is 1.83. The quantitative estimate of drug-likeness (QED) is 0.300. The fraction of sp³-hybridized carbons (Fsp3) is 0.600. The molecule has 46 valence electrons. The molecule has 0 aromatic heterocycles. The third-order valence-corrected chi connectivity index (χ3v) is 0.722. The maximum absolute atomic E-state index is 4.60. The van der Waals surface area contributed by atoms with Crippen LogP contribution in [0.5, 0.6) is 0 Å². The van der Waals surface area contributed by atoms with Crippen LogP contribution in [0.2, 0.25) is 0 Å². The summed E-state index contributed by atoms with van der Waals surface area (Å²) in [5, 5.41) is 3.20. The molecule has 3 nitrogen and oxygen atoms in total. The van der Waals surface area contributed by atoms with Gasteiger partial charge in [0.1, 0.15) is 0 Å². The van der Waals surface area contributed by atoms with Crippen LogP contribution in [0.25, 0.3) is 0 Å². The summed E-state index contributed by atoms with van der Waals surface area (Å²) in [6, 6.07) is 0. The van der Waals surface area contributed by atoms with E-state index in [4.69, 9.17) is 0 Å². The van der Waals surface area contributed by atoms with Gasteiger partial charge in [0.15, 0.2) is 0 Å². The van der Waals surface area contributed by atoms with Gasteiger partial charge in [0.25, 0.3) is 0 Å². The van der Waals surface area contributed by atoms with E-state index in [9.17, 15) is 0 Å². The minimum atomic E-state index is 0.611. The summed E-state index contributed by atoms with van der Waals surface area (Å²) in [5.74, 6) is 0.611. The van der Waals surface area contributed by atoms with Crippen molar-refractivity contribution in [3.63, 3.8) is 0 Å². The van der Waals surface area contributed by atoms with Crippen molar-refractivity contribution in [2.45, 2.75) is 13.3 Å². The van der Waals surface area contributed by atoms with Crippen LogP contribution >= 0.6 is 0 Å². The summed E-state index contributed by atoms with van der Waals surface area (Å²) in [5.41, 5.74) is 0. The van der Waals surface area contributed by atoms with E-state index in [1.165, 1.54) is 0 Å². The second-order valence-electron chi connectivity index (χ2n) is 1.19. The summed E-state index contributed by atoms with van der Waals surface area (Å²) in [6.45, 7) is 5.08. The molecule has 0 saturated heterocycles. The number of nitrogens with zero attached hydrogens (tertiary/aromatic N) is 2. The van der Waals surface area contributed by atoms with Gasteiger partial charge in [-0.1, -0.05) is 12.1 Å². The zero-order chi connectivity index (χ0) is 6.41. The summed E-state index contributed by atoms with van der Waals surface area (Å²) in [4.78, 5) is 8.36. The van der Waals surface area contributed by atoms with E-state index < -0.39 is 0 Å². The van der Waals surface area contributed by atoms with Gasteiger partial charge in [0, 0.05) is 20.2 Å². The van der Waals surface area contributed by atoms with Crippen LogP contribution in [-0.2, 0) is 4.84 Å². The van der Waals surface area contributed by atoms with Crippen LogP contribution in [-0.4, -0.2) is 19.7 Å². The van der Waals surface area contributed by atoms with Crippen LogP contribution in [0.4, 0.5) is 0 Å². The molecule has 0 N–H and O–H groups in total. The Hall–Kier alpha value is -0.860.